The van der Waals surface area contributed by atoms with Gasteiger partial charge in [0.05, 0.1) is 12.8 Å². The maximum Gasteiger partial charge on any atom is 0.117 e. The quantitative estimate of drug-likeness (QED) is 0.841. The van der Waals surface area contributed by atoms with Crippen LogP contribution in [0.2, 0.25) is 0 Å². The Kier molecular flexibility index (Phi) is 5.26. The second-order valence-electron chi connectivity index (χ2n) is 5.73. The standard InChI is InChI=1S/C15H26N2O/c1-13-5-7-14(8-6-13)16-9-10-17(2)12-15-4-3-11-18-15/h3-4,11,13-14,16H,5-10,12H2,1-2H3. The van der Waals surface area contributed by atoms with Crippen molar-refractivity contribution in [3.8, 4) is 0 Å². The Bertz CT molecular complexity index is 315. The normalized spacial score (nSPS) is 24.6. The molecule has 1 N–H and O–H groups in total. The average molecular weight is 250 g/mol. The summed E-state index contributed by atoms with van der Waals surface area (Å²) in [5.74, 6) is 1.98. The van der Waals surface area contributed by atoms with Crippen LogP contribution in [-0.2, 0) is 6.54 Å². The van der Waals surface area contributed by atoms with Crippen LogP contribution in [-0.4, -0.2) is 31.1 Å². The fourth-order valence-corrected chi connectivity index (χ4v) is 2.67. The van der Waals surface area contributed by atoms with Crippen molar-refractivity contribution in [2.45, 2.75) is 45.2 Å². The topological polar surface area (TPSA) is 28.4 Å². The van der Waals surface area contributed by atoms with E-state index >= 15 is 0 Å². The van der Waals surface area contributed by atoms with Crippen LogP contribution in [0.3, 0.4) is 0 Å². The molecule has 3 heteroatoms. The van der Waals surface area contributed by atoms with E-state index in [0.717, 1.165) is 37.4 Å². The van der Waals surface area contributed by atoms with Crippen molar-refractivity contribution in [3.63, 3.8) is 0 Å². The lowest BCUT2D eigenvalue weighted by molar-refractivity contribution is 0.267. The van der Waals surface area contributed by atoms with E-state index < -0.39 is 0 Å². The van der Waals surface area contributed by atoms with Crippen molar-refractivity contribution in [1.82, 2.24) is 10.2 Å². The Balaban J connectivity index is 1.57. The van der Waals surface area contributed by atoms with Crippen molar-refractivity contribution in [2.75, 3.05) is 20.1 Å². The van der Waals surface area contributed by atoms with Crippen molar-refractivity contribution >= 4 is 0 Å². The molecule has 0 aromatic carbocycles. The number of nitrogens with one attached hydrogen (secondary N) is 1. The SMILES string of the molecule is CC1CCC(NCCN(C)Cc2ccco2)CC1. The molecule has 0 aliphatic heterocycles. The highest BCUT2D eigenvalue weighted by Gasteiger charge is 2.17. The lowest BCUT2D eigenvalue weighted by atomic mass is 9.87. The number of rotatable bonds is 6. The van der Waals surface area contributed by atoms with E-state index in [1.165, 1.54) is 25.7 Å². The van der Waals surface area contributed by atoms with Gasteiger partial charge in [-0.15, -0.1) is 0 Å². The summed E-state index contributed by atoms with van der Waals surface area (Å²) in [5, 5.41) is 3.68. The van der Waals surface area contributed by atoms with Crippen LogP contribution < -0.4 is 5.32 Å². The molecule has 0 spiro atoms. The summed E-state index contributed by atoms with van der Waals surface area (Å²) in [6.45, 7) is 5.42. The summed E-state index contributed by atoms with van der Waals surface area (Å²) in [6, 6.07) is 4.73. The molecule has 1 saturated carbocycles. The van der Waals surface area contributed by atoms with Crippen LogP contribution in [0.25, 0.3) is 0 Å². The van der Waals surface area contributed by atoms with Crippen molar-refractivity contribution in [1.29, 1.82) is 0 Å². The number of hydrogen-bond donors (Lipinski definition) is 1. The van der Waals surface area contributed by atoms with Gasteiger partial charge in [0.25, 0.3) is 0 Å². The Labute approximate surface area is 111 Å². The predicted octanol–water partition coefficient (Wildman–Crippen LogP) is 2.88. The zero-order chi connectivity index (χ0) is 12.8. The van der Waals surface area contributed by atoms with Gasteiger partial charge in [-0.25, -0.2) is 0 Å². The van der Waals surface area contributed by atoms with Crippen molar-refractivity contribution in [3.05, 3.63) is 24.2 Å². The highest BCUT2D eigenvalue weighted by Crippen LogP contribution is 2.23. The van der Waals surface area contributed by atoms with Crippen LogP contribution in [0.1, 0.15) is 38.4 Å². The molecule has 2 rings (SSSR count). The summed E-state index contributed by atoms with van der Waals surface area (Å²) >= 11 is 0. The Morgan fingerprint density at radius 1 is 1.33 bits per heavy atom. The summed E-state index contributed by atoms with van der Waals surface area (Å²) in [7, 11) is 2.15. The third-order valence-electron chi connectivity index (χ3n) is 3.95. The molecule has 1 aromatic heterocycles. The van der Waals surface area contributed by atoms with Gasteiger partial charge in [-0.3, -0.25) is 4.90 Å². The average Bonchev–Trinajstić information content (AvgIpc) is 2.84. The van der Waals surface area contributed by atoms with Gasteiger partial charge in [0.1, 0.15) is 5.76 Å². The molecule has 0 saturated heterocycles. The van der Waals surface area contributed by atoms with Crippen LogP contribution in [0.15, 0.2) is 22.8 Å². The lowest BCUT2D eigenvalue weighted by Crippen LogP contribution is -2.37. The third kappa shape index (κ3) is 4.46. The number of likely N-dealkylation sites (N-methyl/N-ethyl adjacent to an activating group) is 1. The van der Waals surface area contributed by atoms with Crippen molar-refractivity contribution in [2.24, 2.45) is 5.92 Å². The number of nitrogens with zero attached hydrogens (tertiary/aromatic N) is 1. The molecular formula is C15H26N2O. The minimum Gasteiger partial charge on any atom is -0.468 e. The summed E-state index contributed by atoms with van der Waals surface area (Å²) < 4.78 is 5.35. The zero-order valence-electron chi connectivity index (χ0n) is 11.7. The molecule has 1 fully saturated rings. The molecule has 1 aromatic rings. The van der Waals surface area contributed by atoms with Gasteiger partial charge in [-0.2, -0.15) is 0 Å². The molecule has 0 amide bonds. The van der Waals surface area contributed by atoms with E-state index in [1.807, 2.05) is 12.1 Å². The van der Waals surface area contributed by atoms with E-state index in [-0.39, 0.29) is 0 Å². The Hall–Kier alpha value is -0.800. The smallest absolute Gasteiger partial charge is 0.117 e. The highest BCUT2D eigenvalue weighted by atomic mass is 16.3. The van der Waals surface area contributed by atoms with Gasteiger partial charge >= 0.3 is 0 Å². The third-order valence-corrected chi connectivity index (χ3v) is 3.95. The van der Waals surface area contributed by atoms with E-state index in [4.69, 9.17) is 4.42 Å². The molecule has 0 radical (unpaired) electrons. The number of furan rings is 1. The predicted molar refractivity (Wildman–Crippen MR) is 74.5 cm³/mol. The van der Waals surface area contributed by atoms with Crippen molar-refractivity contribution < 1.29 is 4.42 Å². The maximum atomic E-state index is 5.35. The molecule has 1 aliphatic rings. The minimum absolute atomic E-state index is 0.748. The lowest BCUT2D eigenvalue weighted by Gasteiger charge is -2.27. The molecule has 102 valence electrons. The first-order valence-corrected chi connectivity index (χ1v) is 7.18. The molecule has 0 unspecified atom stereocenters. The summed E-state index contributed by atoms with van der Waals surface area (Å²) in [5.41, 5.74) is 0. The molecular weight excluding hydrogens is 224 g/mol. The highest BCUT2D eigenvalue weighted by molar-refractivity contribution is 4.97. The first-order valence-electron chi connectivity index (χ1n) is 7.18. The van der Waals surface area contributed by atoms with E-state index in [2.05, 4.69) is 24.2 Å². The molecule has 0 bridgehead atoms. The van der Waals surface area contributed by atoms with E-state index in [0.29, 0.717) is 0 Å². The minimum atomic E-state index is 0.748. The van der Waals surface area contributed by atoms with Crippen LogP contribution in [0.5, 0.6) is 0 Å². The molecule has 0 atom stereocenters. The maximum absolute atomic E-state index is 5.35. The first kappa shape index (κ1) is 13.6. The second-order valence-corrected chi connectivity index (χ2v) is 5.73. The largest absolute Gasteiger partial charge is 0.468 e. The van der Waals surface area contributed by atoms with Gasteiger partial charge in [0, 0.05) is 19.1 Å². The fourth-order valence-electron chi connectivity index (χ4n) is 2.67. The molecule has 18 heavy (non-hydrogen) atoms. The summed E-state index contributed by atoms with van der Waals surface area (Å²) in [4.78, 5) is 2.30. The molecule has 3 nitrogen and oxygen atoms in total. The number of hydrogen-bond acceptors (Lipinski definition) is 3. The monoisotopic (exact) mass is 250 g/mol. The molecule has 1 aliphatic carbocycles. The Morgan fingerprint density at radius 2 is 2.11 bits per heavy atom. The molecule has 1 heterocycles. The van der Waals surface area contributed by atoms with Crippen LogP contribution >= 0.6 is 0 Å². The van der Waals surface area contributed by atoms with E-state index in [9.17, 15) is 0 Å². The summed E-state index contributed by atoms with van der Waals surface area (Å²) in [6.07, 6.45) is 7.22. The fraction of sp³-hybridized carbons (Fsp3) is 0.733. The van der Waals surface area contributed by atoms with Gasteiger partial charge in [-0.05, 0) is 50.8 Å². The zero-order valence-corrected chi connectivity index (χ0v) is 11.7. The van der Waals surface area contributed by atoms with Gasteiger partial charge < -0.3 is 9.73 Å². The first-order chi connectivity index (χ1) is 8.74. The van der Waals surface area contributed by atoms with Crippen LogP contribution in [0.4, 0.5) is 0 Å². The Morgan fingerprint density at radius 3 is 2.78 bits per heavy atom. The van der Waals surface area contributed by atoms with Gasteiger partial charge in [-0.1, -0.05) is 6.92 Å². The van der Waals surface area contributed by atoms with Crippen LogP contribution in [0, 0.1) is 5.92 Å². The second kappa shape index (κ2) is 6.95. The van der Waals surface area contributed by atoms with E-state index in [1.54, 1.807) is 6.26 Å². The van der Waals surface area contributed by atoms with Gasteiger partial charge in [0.15, 0.2) is 0 Å². The van der Waals surface area contributed by atoms with Gasteiger partial charge in [0.2, 0.25) is 0 Å².